The molecule has 2 amide bonds. The van der Waals surface area contributed by atoms with Crippen LogP contribution in [0.4, 0.5) is 5.69 Å². The Balaban J connectivity index is 2.12. The van der Waals surface area contributed by atoms with Crippen LogP contribution >= 0.6 is 0 Å². The van der Waals surface area contributed by atoms with Gasteiger partial charge in [0.25, 0.3) is 5.91 Å². The Morgan fingerprint density at radius 1 is 1.00 bits per heavy atom. The van der Waals surface area contributed by atoms with E-state index in [0.29, 0.717) is 17.9 Å². The van der Waals surface area contributed by atoms with E-state index in [4.69, 9.17) is 4.74 Å². The zero-order valence-corrected chi connectivity index (χ0v) is 16.6. The molecule has 144 valence electrons. The second-order valence-electron chi connectivity index (χ2n) is 6.91. The third-order valence-electron chi connectivity index (χ3n) is 4.39. The van der Waals surface area contributed by atoms with Crippen molar-refractivity contribution in [3.63, 3.8) is 0 Å². The summed E-state index contributed by atoms with van der Waals surface area (Å²) in [6, 6.07) is 12.1. The maximum absolute atomic E-state index is 12.8. The van der Waals surface area contributed by atoms with Crippen molar-refractivity contribution in [2.75, 3.05) is 11.9 Å². The minimum absolute atomic E-state index is 0.0547. The van der Waals surface area contributed by atoms with Gasteiger partial charge in [-0.15, -0.1) is 0 Å². The topological polar surface area (TPSA) is 67.4 Å². The van der Waals surface area contributed by atoms with Gasteiger partial charge >= 0.3 is 0 Å². The van der Waals surface area contributed by atoms with E-state index in [-0.39, 0.29) is 17.7 Å². The van der Waals surface area contributed by atoms with Gasteiger partial charge in [-0.05, 0) is 62.1 Å². The monoisotopic (exact) mass is 368 g/mol. The summed E-state index contributed by atoms with van der Waals surface area (Å²) in [5, 5.41) is 5.82. The first-order valence-corrected chi connectivity index (χ1v) is 9.24. The quantitative estimate of drug-likeness (QED) is 0.773. The van der Waals surface area contributed by atoms with Gasteiger partial charge in [0.05, 0.1) is 6.61 Å². The van der Waals surface area contributed by atoms with E-state index in [9.17, 15) is 9.59 Å². The molecular weight excluding hydrogens is 340 g/mol. The molecule has 0 bridgehead atoms. The molecule has 1 atom stereocenters. The highest BCUT2D eigenvalue weighted by atomic mass is 16.5. The number of carbonyl (C=O) groups is 2. The average Bonchev–Trinajstić information content (AvgIpc) is 2.63. The highest BCUT2D eigenvalue weighted by molar-refractivity contribution is 6.01. The lowest BCUT2D eigenvalue weighted by Crippen LogP contribution is -2.47. The molecule has 2 aromatic carbocycles. The van der Waals surface area contributed by atoms with Crippen molar-refractivity contribution in [2.45, 2.75) is 40.7 Å². The van der Waals surface area contributed by atoms with Gasteiger partial charge in [-0.25, -0.2) is 0 Å². The summed E-state index contributed by atoms with van der Waals surface area (Å²) in [4.78, 5) is 25.4. The average molecular weight is 368 g/mol. The molecule has 0 aliphatic heterocycles. The van der Waals surface area contributed by atoms with Crippen LogP contribution in [0.15, 0.2) is 42.5 Å². The maximum atomic E-state index is 12.8. The Morgan fingerprint density at radius 2 is 1.59 bits per heavy atom. The van der Waals surface area contributed by atoms with Gasteiger partial charge in [-0.1, -0.05) is 32.0 Å². The molecule has 0 saturated heterocycles. The lowest BCUT2D eigenvalue weighted by Gasteiger charge is -2.23. The van der Waals surface area contributed by atoms with Crippen molar-refractivity contribution < 1.29 is 14.3 Å². The Morgan fingerprint density at radius 3 is 2.11 bits per heavy atom. The molecule has 0 saturated carbocycles. The van der Waals surface area contributed by atoms with E-state index < -0.39 is 6.04 Å². The number of nitrogens with one attached hydrogen (secondary N) is 2. The Hall–Kier alpha value is -2.82. The zero-order chi connectivity index (χ0) is 20.0. The predicted molar refractivity (Wildman–Crippen MR) is 108 cm³/mol. The molecule has 0 aliphatic carbocycles. The molecule has 2 N–H and O–H groups in total. The fourth-order valence-electron chi connectivity index (χ4n) is 2.84. The van der Waals surface area contributed by atoms with Gasteiger partial charge in [0.15, 0.2) is 0 Å². The van der Waals surface area contributed by atoms with Crippen molar-refractivity contribution in [1.82, 2.24) is 5.32 Å². The molecule has 0 spiro atoms. The van der Waals surface area contributed by atoms with Gasteiger partial charge in [0, 0.05) is 11.3 Å². The number of carbonyl (C=O) groups excluding carboxylic acids is 2. The van der Waals surface area contributed by atoms with Crippen molar-refractivity contribution >= 4 is 17.5 Å². The third-order valence-corrected chi connectivity index (χ3v) is 4.39. The number of rotatable bonds is 7. The number of hydrogen-bond acceptors (Lipinski definition) is 3. The smallest absolute Gasteiger partial charge is 0.251 e. The molecular formula is C22H28N2O3. The summed E-state index contributed by atoms with van der Waals surface area (Å²) in [6.45, 7) is 10.2. The molecule has 0 radical (unpaired) electrons. The van der Waals surface area contributed by atoms with Gasteiger partial charge in [-0.3, -0.25) is 9.59 Å². The standard InChI is InChI=1S/C22H28N2O3/c1-6-27-18-12-10-17(11-13-18)21(25)23-19(14(2)3)22(26)24-20-15(4)8-7-9-16(20)5/h7-14,19H,6H2,1-5H3,(H,23,25)(H,24,26)/t19-/m0/s1. The highest BCUT2D eigenvalue weighted by Crippen LogP contribution is 2.20. The first kappa shape index (κ1) is 20.5. The normalized spacial score (nSPS) is 11.8. The molecule has 0 unspecified atom stereocenters. The number of aryl methyl sites for hydroxylation is 2. The maximum Gasteiger partial charge on any atom is 0.251 e. The van der Waals surface area contributed by atoms with Crippen molar-refractivity contribution in [3.8, 4) is 5.75 Å². The van der Waals surface area contributed by atoms with E-state index in [1.165, 1.54) is 0 Å². The number of ether oxygens (including phenoxy) is 1. The molecule has 5 heteroatoms. The first-order valence-electron chi connectivity index (χ1n) is 9.24. The van der Waals surface area contributed by atoms with Gasteiger partial charge in [-0.2, -0.15) is 0 Å². The number of amides is 2. The highest BCUT2D eigenvalue weighted by Gasteiger charge is 2.25. The van der Waals surface area contributed by atoms with E-state index in [1.807, 2.05) is 52.8 Å². The van der Waals surface area contributed by atoms with Crippen LogP contribution < -0.4 is 15.4 Å². The summed E-state index contributed by atoms with van der Waals surface area (Å²) in [6.07, 6.45) is 0. The van der Waals surface area contributed by atoms with Gasteiger partial charge in [0.1, 0.15) is 11.8 Å². The summed E-state index contributed by atoms with van der Waals surface area (Å²) in [7, 11) is 0. The molecule has 0 heterocycles. The van der Waals surface area contributed by atoms with Crippen LogP contribution in [-0.2, 0) is 4.79 Å². The van der Waals surface area contributed by atoms with Crippen molar-refractivity contribution in [3.05, 3.63) is 59.2 Å². The van der Waals surface area contributed by atoms with Gasteiger partial charge < -0.3 is 15.4 Å². The van der Waals surface area contributed by atoms with E-state index >= 15 is 0 Å². The van der Waals surface area contributed by atoms with Crippen molar-refractivity contribution in [2.24, 2.45) is 5.92 Å². The fourth-order valence-corrected chi connectivity index (χ4v) is 2.84. The molecule has 2 aromatic rings. The van der Waals surface area contributed by atoms with Crippen molar-refractivity contribution in [1.29, 1.82) is 0 Å². The molecule has 2 rings (SSSR count). The SMILES string of the molecule is CCOc1ccc(C(=O)N[C@H](C(=O)Nc2c(C)cccc2C)C(C)C)cc1. The summed E-state index contributed by atoms with van der Waals surface area (Å²) < 4.78 is 5.39. The molecule has 0 aliphatic rings. The van der Waals surface area contributed by atoms with Crippen LogP contribution in [0, 0.1) is 19.8 Å². The number of benzene rings is 2. The van der Waals surface area contributed by atoms with Crippen LogP contribution in [0.5, 0.6) is 5.75 Å². The largest absolute Gasteiger partial charge is 0.494 e. The summed E-state index contributed by atoms with van der Waals surface area (Å²) in [5.74, 6) is 0.151. The van der Waals surface area contributed by atoms with Crippen LogP contribution in [0.3, 0.4) is 0 Å². The molecule has 0 fully saturated rings. The van der Waals surface area contributed by atoms with Gasteiger partial charge in [0.2, 0.25) is 5.91 Å². The third kappa shape index (κ3) is 5.33. The lowest BCUT2D eigenvalue weighted by molar-refractivity contribution is -0.118. The lowest BCUT2D eigenvalue weighted by atomic mass is 10.0. The summed E-state index contributed by atoms with van der Waals surface area (Å²) in [5.41, 5.74) is 3.26. The van der Waals surface area contributed by atoms with E-state index in [1.54, 1.807) is 24.3 Å². The van der Waals surface area contributed by atoms with Crippen LogP contribution in [-0.4, -0.2) is 24.5 Å². The van der Waals surface area contributed by atoms with Crippen LogP contribution in [0.2, 0.25) is 0 Å². The first-order chi connectivity index (χ1) is 12.8. The molecule has 27 heavy (non-hydrogen) atoms. The number of anilines is 1. The van der Waals surface area contributed by atoms with E-state index in [2.05, 4.69) is 10.6 Å². The molecule has 5 nitrogen and oxygen atoms in total. The predicted octanol–water partition coefficient (Wildman–Crippen LogP) is 4.10. The van der Waals surface area contributed by atoms with Crippen LogP contribution in [0.1, 0.15) is 42.3 Å². The van der Waals surface area contributed by atoms with Crippen LogP contribution in [0.25, 0.3) is 0 Å². The fraction of sp³-hybridized carbons (Fsp3) is 0.364. The minimum Gasteiger partial charge on any atom is -0.494 e. The van der Waals surface area contributed by atoms with E-state index in [0.717, 1.165) is 16.8 Å². The number of hydrogen-bond donors (Lipinski definition) is 2. The zero-order valence-electron chi connectivity index (χ0n) is 16.6. The number of para-hydroxylation sites is 1. The Kier molecular flexibility index (Phi) is 6.99. The second kappa shape index (κ2) is 9.21. The molecule has 0 aromatic heterocycles. The minimum atomic E-state index is -0.636. The summed E-state index contributed by atoms with van der Waals surface area (Å²) >= 11 is 0. The Labute approximate surface area is 161 Å². The Bertz CT molecular complexity index is 777. The second-order valence-corrected chi connectivity index (χ2v) is 6.91.